The summed E-state index contributed by atoms with van der Waals surface area (Å²) in [5, 5.41) is 7.68. The molecule has 2 atom stereocenters. The van der Waals surface area contributed by atoms with Crippen LogP contribution in [0.3, 0.4) is 0 Å². The van der Waals surface area contributed by atoms with E-state index < -0.39 is 0 Å². The molecule has 0 aliphatic carbocycles. The van der Waals surface area contributed by atoms with Crippen molar-refractivity contribution in [2.24, 2.45) is 7.05 Å². The van der Waals surface area contributed by atoms with E-state index in [1.165, 1.54) is 6.42 Å². The third-order valence-corrected chi connectivity index (χ3v) is 3.90. The molecule has 6 nitrogen and oxygen atoms in total. The number of carbonyl (C=O) groups is 1. The number of piperidine rings is 1. The first-order valence-electron chi connectivity index (χ1n) is 6.61. The normalized spacial score (nSPS) is 27.6. The van der Waals surface area contributed by atoms with Gasteiger partial charge in [0, 0.05) is 32.1 Å². The van der Waals surface area contributed by atoms with Crippen molar-refractivity contribution in [1.82, 2.24) is 25.0 Å². The Morgan fingerprint density at radius 3 is 3.17 bits per heavy atom. The Hall–Kier alpha value is -1.43. The fourth-order valence-electron chi connectivity index (χ4n) is 3.02. The zero-order valence-corrected chi connectivity index (χ0v) is 10.7. The lowest BCUT2D eigenvalue weighted by Crippen LogP contribution is -2.45. The number of amides is 1. The van der Waals surface area contributed by atoms with Gasteiger partial charge < -0.3 is 10.2 Å². The molecule has 1 N–H and O–H groups in total. The van der Waals surface area contributed by atoms with Gasteiger partial charge in [0.15, 0.2) is 5.82 Å². The molecule has 98 valence electrons. The van der Waals surface area contributed by atoms with Gasteiger partial charge in [-0.3, -0.25) is 9.48 Å². The summed E-state index contributed by atoms with van der Waals surface area (Å²) in [7, 11) is 1.86. The molecule has 0 spiro atoms. The summed E-state index contributed by atoms with van der Waals surface area (Å²) < 4.78 is 1.70. The van der Waals surface area contributed by atoms with Crippen LogP contribution in [0.2, 0.25) is 0 Å². The topological polar surface area (TPSA) is 63.1 Å². The number of fused-ring (bicyclic) bond motifs is 1. The van der Waals surface area contributed by atoms with Crippen LogP contribution in [0.15, 0.2) is 6.33 Å². The minimum Gasteiger partial charge on any atom is -0.338 e. The van der Waals surface area contributed by atoms with Crippen LogP contribution in [0.25, 0.3) is 0 Å². The van der Waals surface area contributed by atoms with Crippen molar-refractivity contribution in [2.75, 3.05) is 6.54 Å². The maximum absolute atomic E-state index is 11.9. The zero-order chi connectivity index (χ0) is 12.5. The molecule has 3 rings (SSSR count). The monoisotopic (exact) mass is 249 g/mol. The molecule has 2 saturated heterocycles. The lowest BCUT2D eigenvalue weighted by Gasteiger charge is -2.32. The van der Waals surface area contributed by atoms with Crippen molar-refractivity contribution in [2.45, 2.75) is 44.3 Å². The van der Waals surface area contributed by atoms with Crippen LogP contribution in [-0.2, 0) is 18.4 Å². The lowest BCUT2D eigenvalue weighted by molar-refractivity contribution is -0.129. The maximum atomic E-state index is 11.9. The molecule has 0 bridgehead atoms. The van der Waals surface area contributed by atoms with Crippen LogP contribution in [0, 0.1) is 0 Å². The molecule has 3 heterocycles. The van der Waals surface area contributed by atoms with Crippen LogP contribution >= 0.6 is 0 Å². The Morgan fingerprint density at radius 2 is 2.39 bits per heavy atom. The van der Waals surface area contributed by atoms with Gasteiger partial charge in [0.05, 0.1) is 6.54 Å². The van der Waals surface area contributed by atoms with E-state index in [-0.39, 0.29) is 6.04 Å². The highest BCUT2D eigenvalue weighted by atomic mass is 16.2. The van der Waals surface area contributed by atoms with Crippen molar-refractivity contribution in [3.05, 3.63) is 12.2 Å². The molecule has 1 aromatic heterocycles. The summed E-state index contributed by atoms with van der Waals surface area (Å²) in [6.45, 7) is 1.58. The van der Waals surface area contributed by atoms with Crippen molar-refractivity contribution >= 4 is 5.91 Å². The summed E-state index contributed by atoms with van der Waals surface area (Å²) in [4.78, 5) is 18.1. The predicted octanol–water partition coefficient (Wildman–Crippen LogP) is 0.0581. The third kappa shape index (κ3) is 2.12. The molecule has 2 fully saturated rings. The SMILES string of the molecule is Cn1cnc(CNC2CC(=O)N3CCCCC23)n1. The minimum absolute atomic E-state index is 0.265. The van der Waals surface area contributed by atoms with E-state index in [9.17, 15) is 4.79 Å². The number of aromatic nitrogens is 3. The molecular formula is C12H19N5O. The lowest BCUT2D eigenvalue weighted by atomic mass is 9.99. The first-order chi connectivity index (χ1) is 8.74. The molecule has 6 heteroatoms. The number of carbonyl (C=O) groups excluding carboxylic acids is 1. The van der Waals surface area contributed by atoms with Gasteiger partial charge in [-0.1, -0.05) is 0 Å². The van der Waals surface area contributed by atoms with Crippen LogP contribution in [0.4, 0.5) is 0 Å². The molecular weight excluding hydrogens is 230 g/mol. The van der Waals surface area contributed by atoms with Crippen molar-refractivity contribution in [3.63, 3.8) is 0 Å². The van der Waals surface area contributed by atoms with Crippen molar-refractivity contribution < 1.29 is 4.79 Å². The second-order valence-electron chi connectivity index (χ2n) is 5.18. The molecule has 1 aromatic rings. The van der Waals surface area contributed by atoms with E-state index in [0.717, 1.165) is 25.2 Å². The molecule has 1 amide bonds. The Morgan fingerprint density at radius 1 is 1.50 bits per heavy atom. The highest BCUT2D eigenvalue weighted by Crippen LogP contribution is 2.28. The maximum Gasteiger partial charge on any atom is 0.224 e. The first-order valence-corrected chi connectivity index (χ1v) is 6.61. The van der Waals surface area contributed by atoms with Gasteiger partial charge in [-0.25, -0.2) is 4.98 Å². The number of rotatable bonds is 3. The second kappa shape index (κ2) is 4.68. The van der Waals surface area contributed by atoms with E-state index in [1.807, 2.05) is 11.9 Å². The Kier molecular flexibility index (Phi) is 3.03. The Balaban J connectivity index is 1.61. The molecule has 2 unspecified atom stereocenters. The van der Waals surface area contributed by atoms with E-state index in [4.69, 9.17) is 0 Å². The largest absolute Gasteiger partial charge is 0.338 e. The molecule has 18 heavy (non-hydrogen) atoms. The van der Waals surface area contributed by atoms with Gasteiger partial charge in [-0.15, -0.1) is 0 Å². The standard InChI is InChI=1S/C12H19N5O/c1-16-8-14-11(15-16)7-13-9-6-12(18)17-5-3-2-4-10(9)17/h8-10,13H,2-7H2,1H3. The van der Waals surface area contributed by atoms with Crippen LogP contribution in [0.1, 0.15) is 31.5 Å². The first kappa shape index (κ1) is 11.6. The summed E-state index contributed by atoms with van der Waals surface area (Å²) in [6.07, 6.45) is 5.82. The number of hydrogen-bond acceptors (Lipinski definition) is 4. The number of hydrogen-bond donors (Lipinski definition) is 1. The summed E-state index contributed by atoms with van der Waals surface area (Å²) >= 11 is 0. The van der Waals surface area contributed by atoms with Crippen LogP contribution in [0.5, 0.6) is 0 Å². The fourth-order valence-corrected chi connectivity index (χ4v) is 3.02. The minimum atomic E-state index is 0.265. The highest BCUT2D eigenvalue weighted by Gasteiger charge is 2.40. The van der Waals surface area contributed by atoms with E-state index in [2.05, 4.69) is 15.4 Å². The van der Waals surface area contributed by atoms with E-state index in [0.29, 0.717) is 24.9 Å². The van der Waals surface area contributed by atoms with E-state index in [1.54, 1.807) is 11.0 Å². The van der Waals surface area contributed by atoms with Gasteiger partial charge in [-0.05, 0) is 19.3 Å². The van der Waals surface area contributed by atoms with Crippen molar-refractivity contribution in [3.8, 4) is 0 Å². The third-order valence-electron chi connectivity index (χ3n) is 3.90. The Bertz CT molecular complexity index is 443. The second-order valence-corrected chi connectivity index (χ2v) is 5.18. The van der Waals surface area contributed by atoms with Crippen LogP contribution in [-0.4, -0.2) is 44.2 Å². The Labute approximate surface area is 106 Å². The van der Waals surface area contributed by atoms with Gasteiger partial charge in [0.2, 0.25) is 5.91 Å². The quantitative estimate of drug-likeness (QED) is 0.822. The van der Waals surface area contributed by atoms with Gasteiger partial charge in [0.25, 0.3) is 0 Å². The smallest absolute Gasteiger partial charge is 0.224 e. The molecule has 0 radical (unpaired) electrons. The number of nitrogens with one attached hydrogen (secondary N) is 1. The number of nitrogens with zero attached hydrogens (tertiary/aromatic N) is 4. The fraction of sp³-hybridized carbons (Fsp3) is 0.750. The molecule has 2 aliphatic rings. The van der Waals surface area contributed by atoms with Gasteiger partial charge in [0.1, 0.15) is 6.33 Å². The average molecular weight is 249 g/mol. The molecule has 2 aliphatic heterocycles. The van der Waals surface area contributed by atoms with Crippen molar-refractivity contribution in [1.29, 1.82) is 0 Å². The summed E-state index contributed by atoms with van der Waals surface area (Å²) in [5.74, 6) is 1.09. The molecule has 0 saturated carbocycles. The predicted molar refractivity (Wildman–Crippen MR) is 65.6 cm³/mol. The molecule has 0 aromatic carbocycles. The van der Waals surface area contributed by atoms with Gasteiger partial charge >= 0.3 is 0 Å². The highest BCUT2D eigenvalue weighted by molar-refractivity contribution is 5.80. The average Bonchev–Trinajstić information content (AvgIpc) is 2.92. The van der Waals surface area contributed by atoms with Gasteiger partial charge in [-0.2, -0.15) is 5.10 Å². The van der Waals surface area contributed by atoms with E-state index >= 15 is 0 Å². The zero-order valence-electron chi connectivity index (χ0n) is 10.7. The van der Waals surface area contributed by atoms with Crippen LogP contribution < -0.4 is 5.32 Å². The summed E-state index contributed by atoms with van der Waals surface area (Å²) in [6, 6.07) is 0.650. The summed E-state index contributed by atoms with van der Waals surface area (Å²) in [5.41, 5.74) is 0. The number of aryl methyl sites for hydroxylation is 1.